The van der Waals surface area contributed by atoms with E-state index in [2.05, 4.69) is 74.0 Å². The van der Waals surface area contributed by atoms with Crippen LogP contribution in [-0.2, 0) is 30.9 Å². The van der Waals surface area contributed by atoms with E-state index in [-0.39, 0.29) is 40.9 Å². The number of hydrogen-bond donors (Lipinski definition) is 3. The fraction of sp³-hybridized carbons (Fsp3) is 0.587. The first-order valence-corrected chi connectivity index (χ1v) is 20.1. The first kappa shape index (κ1) is 38.1. The van der Waals surface area contributed by atoms with Crippen LogP contribution in [0.2, 0.25) is 0 Å². The molecule has 8 rings (SSSR count). The van der Waals surface area contributed by atoms with Gasteiger partial charge in [-0.2, -0.15) is 0 Å². The van der Waals surface area contributed by atoms with Crippen molar-refractivity contribution >= 4 is 34.1 Å². The molecule has 3 heterocycles. The Kier molecular flexibility index (Phi) is 8.39. The van der Waals surface area contributed by atoms with E-state index in [0.717, 1.165) is 58.9 Å². The number of aliphatic hydroxyl groups excluding tert-OH is 2. The number of fused-ring (bicyclic) bond motifs is 11. The van der Waals surface area contributed by atoms with Crippen LogP contribution in [0.3, 0.4) is 0 Å². The summed E-state index contributed by atoms with van der Waals surface area (Å²) in [4.78, 5) is 39.2. The van der Waals surface area contributed by atoms with E-state index in [0.29, 0.717) is 23.5 Å². The van der Waals surface area contributed by atoms with Crippen LogP contribution in [0.15, 0.2) is 48.1 Å². The van der Waals surface area contributed by atoms with Gasteiger partial charge in [0.05, 0.1) is 41.6 Å². The van der Waals surface area contributed by atoms with E-state index in [1.54, 1.807) is 13.0 Å². The maximum atomic E-state index is 14.9. The SMILES string of the molecule is C=C(C)C1C(=O)c2c3c(cc4c5c(n1c24)C1(C)C(CCC2C(C)(/C=C/C=C(\C)C(=O)NCC(=O)OC)C(O)CCC21C)C5)C1=CC(C)(C)OC(C)(C)C1C3O. The summed E-state index contributed by atoms with van der Waals surface area (Å²) in [6, 6.07) is 1.73. The van der Waals surface area contributed by atoms with Crippen molar-refractivity contribution in [2.24, 2.45) is 28.6 Å². The number of nitrogens with zero attached hydrogens (tertiary/aromatic N) is 1. The monoisotopic (exact) mass is 750 g/mol. The van der Waals surface area contributed by atoms with Gasteiger partial charge in [0.15, 0.2) is 5.78 Å². The third-order valence-electron chi connectivity index (χ3n) is 15.4. The minimum atomic E-state index is -0.874. The van der Waals surface area contributed by atoms with E-state index in [1.165, 1.54) is 18.4 Å². The largest absolute Gasteiger partial charge is 0.468 e. The van der Waals surface area contributed by atoms with Crippen LogP contribution in [0.5, 0.6) is 0 Å². The summed E-state index contributed by atoms with van der Waals surface area (Å²) in [7, 11) is 1.28. The molecule has 2 aromatic rings. The lowest BCUT2D eigenvalue weighted by molar-refractivity contribution is -0.144. The Morgan fingerprint density at radius 2 is 1.80 bits per heavy atom. The molecular weight excluding hydrogens is 693 g/mol. The molecule has 6 aliphatic rings. The Bertz CT molecular complexity index is 2180. The molecule has 2 saturated carbocycles. The summed E-state index contributed by atoms with van der Waals surface area (Å²) in [5.74, 6) is -0.676. The number of allylic oxidation sites excluding steroid dienone is 3. The van der Waals surface area contributed by atoms with Gasteiger partial charge in [-0.15, -0.1) is 0 Å². The predicted octanol–water partition coefficient (Wildman–Crippen LogP) is 7.39. The number of carbonyl (C=O) groups excluding carboxylic acids is 3. The van der Waals surface area contributed by atoms with Gasteiger partial charge in [0, 0.05) is 39.0 Å². The highest BCUT2D eigenvalue weighted by atomic mass is 16.5. The van der Waals surface area contributed by atoms with Gasteiger partial charge in [0.1, 0.15) is 12.6 Å². The van der Waals surface area contributed by atoms with E-state index in [1.807, 2.05) is 26.8 Å². The van der Waals surface area contributed by atoms with Gasteiger partial charge in [-0.05, 0) is 120 Å². The highest BCUT2D eigenvalue weighted by Crippen LogP contribution is 2.71. The van der Waals surface area contributed by atoms with E-state index in [9.17, 15) is 24.6 Å². The summed E-state index contributed by atoms with van der Waals surface area (Å²) in [5, 5.41) is 27.7. The zero-order valence-corrected chi connectivity index (χ0v) is 34.2. The molecule has 3 N–H and O–H groups in total. The molecule has 1 amide bonds. The molecule has 2 aliphatic heterocycles. The molecule has 0 bridgehead atoms. The summed E-state index contributed by atoms with van der Waals surface area (Å²) < 4.78 is 13.5. The van der Waals surface area contributed by atoms with Gasteiger partial charge in [-0.25, -0.2) is 0 Å². The van der Waals surface area contributed by atoms with E-state index < -0.39 is 40.8 Å². The van der Waals surface area contributed by atoms with Gasteiger partial charge >= 0.3 is 5.97 Å². The van der Waals surface area contributed by atoms with Gasteiger partial charge < -0.3 is 29.6 Å². The minimum absolute atomic E-state index is 0.0117. The van der Waals surface area contributed by atoms with Crippen LogP contribution >= 0.6 is 0 Å². The number of amides is 1. The maximum Gasteiger partial charge on any atom is 0.325 e. The summed E-state index contributed by atoms with van der Waals surface area (Å²) >= 11 is 0. The van der Waals surface area contributed by atoms with Crippen molar-refractivity contribution in [1.29, 1.82) is 0 Å². The number of ketones is 1. The average molecular weight is 751 g/mol. The van der Waals surface area contributed by atoms with E-state index >= 15 is 0 Å². The maximum absolute atomic E-state index is 14.9. The van der Waals surface area contributed by atoms with Crippen molar-refractivity contribution < 1.29 is 34.1 Å². The van der Waals surface area contributed by atoms with Crippen molar-refractivity contribution in [1.82, 2.24) is 9.88 Å². The molecule has 1 aromatic carbocycles. The van der Waals surface area contributed by atoms with Gasteiger partial charge in [-0.3, -0.25) is 14.4 Å². The van der Waals surface area contributed by atoms with Crippen LogP contribution in [0.25, 0.3) is 16.5 Å². The number of methoxy groups -OCH3 is 1. The van der Waals surface area contributed by atoms with Crippen LogP contribution < -0.4 is 5.32 Å². The smallest absolute Gasteiger partial charge is 0.325 e. The van der Waals surface area contributed by atoms with Crippen LogP contribution in [0, 0.1) is 28.6 Å². The standard InChI is InChI=1S/C46H58N2O7/c1-23(2)36-39(52)34-33-26(29-21-42(4,5)55-43(6,7)35(29)38(33)51)20-27-28-19-25-14-15-30-44(8,17-12-13-24(3)41(53)47-22-32(50)54-11)31(49)16-18-45(30,9)46(25,10)40(28)48(36)37(27)34/h12-13,17,20-21,25,30-31,35-36,38,49,51H,1,14-16,18-19,22H2,2-11H3,(H,47,53)/b17-12+,24-13+. The molecule has 2 fully saturated rings. The summed E-state index contributed by atoms with van der Waals surface area (Å²) in [6.45, 7) is 23.1. The fourth-order valence-electron chi connectivity index (χ4n) is 12.9. The molecular formula is C46H58N2O7. The molecule has 4 aliphatic carbocycles. The summed E-state index contributed by atoms with van der Waals surface area (Å²) in [6.07, 6.45) is 10.8. The quantitative estimate of drug-likeness (QED) is 0.122. The zero-order valence-electron chi connectivity index (χ0n) is 34.2. The third kappa shape index (κ3) is 4.97. The normalized spacial score (nSPS) is 36.5. The third-order valence-corrected chi connectivity index (χ3v) is 15.4. The molecule has 294 valence electrons. The second-order valence-corrected chi connectivity index (χ2v) is 19.3. The van der Waals surface area contributed by atoms with Gasteiger partial charge in [0.25, 0.3) is 0 Å². The molecule has 9 nitrogen and oxygen atoms in total. The Hall–Kier alpha value is -3.79. The minimum Gasteiger partial charge on any atom is -0.468 e. The Morgan fingerprint density at radius 3 is 2.47 bits per heavy atom. The number of nitrogens with one attached hydrogen (secondary N) is 1. The van der Waals surface area contributed by atoms with Gasteiger partial charge in [0.2, 0.25) is 5.91 Å². The number of carbonyl (C=O) groups is 3. The van der Waals surface area contributed by atoms with Crippen molar-refractivity contribution in [3.05, 3.63) is 76.0 Å². The number of esters is 1. The number of benzene rings is 1. The number of aliphatic hydroxyl groups is 2. The molecule has 9 unspecified atom stereocenters. The Balaban J connectivity index is 1.26. The molecule has 9 atom stereocenters. The Morgan fingerprint density at radius 1 is 1.09 bits per heavy atom. The first-order chi connectivity index (χ1) is 25.6. The molecule has 0 spiro atoms. The molecule has 0 radical (unpaired) electrons. The zero-order chi connectivity index (χ0) is 39.9. The predicted molar refractivity (Wildman–Crippen MR) is 212 cm³/mol. The first-order valence-electron chi connectivity index (χ1n) is 20.1. The number of ether oxygens (including phenoxy) is 2. The average Bonchev–Trinajstić information content (AvgIpc) is 3.77. The lowest BCUT2D eigenvalue weighted by atomic mass is 9.40. The molecule has 9 heteroatoms. The van der Waals surface area contributed by atoms with Crippen LogP contribution in [0.4, 0.5) is 0 Å². The number of aromatic nitrogens is 1. The fourth-order valence-corrected chi connectivity index (χ4v) is 12.9. The van der Waals surface area contributed by atoms with Crippen LogP contribution in [0.1, 0.15) is 133 Å². The van der Waals surface area contributed by atoms with Crippen molar-refractivity contribution in [3.8, 4) is 0 Å². The number of hydrogen-bond acceptors (Lipinski definition) is 7. The Labute approximate surface area is 324 Å². The van der Waals surface area contributed by atoms with Crippen LogP contribution in [-0.4, -0.2) is 63.4 Å². The second kappa shape index (κ2) is 12.1. The summed E-state index contributed by atoms with van der Waals surface area (Å²) in [5.41, 5.74) is 5.85. The highest BCUT2D eigenvalue weighted by Gasteiger charge is 2.67. The number of rotatable bonds is 6. The van der Waals surface area contributed by atoms with E-state index in [4.69, 9.17) is 4.74 Å². The molecule has 1 aromatic heterocycles. The number of Topliss-reactive ketones (excluding diaryl/α,β-unsaturated/α-hetero) is 1. The molecule has 0 saturated heterocycles. The second-order valence-electron chi connectivity index (χ2n) is 19.3. The lowest BCUT2D eigenvalue weighted by Crippen LogP contribution is -2.62. The topological polar surface area (TPSA) is 127 Å². The van der Waals surface area contributed by atoms with Gasteiger partial charge in [-0.1, -0.05) is 51.2 Å². The highest BCUT2D eigenvalue weighted by molar-refractivity contribution is 6.18. The van der Waals surface area contributed by atoms with Crippen molar-refractivity contribution in [2.75, 3.05) is 13.7 Å². The van der Waals surface area contributed by atoms with Crippen molar-refractivity contribution in [2.45, 2.75) is 129 Å². The lowest BCUT2D eigenvalue weighted by Gasteiger charge is -2.64. The van der Waals surface area contributed by atoms with Crippen molar-refractivity contribution in [3.63, 3.8) is 0 Å². The molecule has 55 heavy (non-hydrogen) atoms.